The predicted octanol–water partition coefficient (Wildman–Crippen LogP) is 6.17. The zero-order valence-corrected chi connectivity index (χ0v) is 18.4. The maximum absolute atomic E-state index is 14.1. The highest BCUT2D eigenvalue weighted by atomic mass is 16.5. The molecule has 1 N–H and O–H groups in total. The maximum Gasteiger partial charge on any atom is 0.239 e. The Morgan fingerprint density at radius 2 is 1.28 bits per heavy atom. The molecule has 0 bridgehead atoms. The Kier molecular flexibility index (Phi) is 6.37. The van der Waals surface area contributed by atoms with Crippen molar-refractivity contribution in [1.29, 1.82) is 0 Å². The molecule has 4 aromatic carbocycles. The van der Waals surface area contributed by atoms with Crippen LogP contribution in [0.25, 0.3) is 0 Å². The summed E-state index contributed by atoms with van der Waals surface area (Å²) < 4.78 is 5.26. The molecule has 4 aromatic rings. The summed E-state index contributed by atoms with van der Waals surface area (Å²) in [6.07, 6.45) is 0.545. The van der Waals surface area contributed by atoms with E-state index < -0.39 is 5.41 Å². The number of ether oxygens (including phenoxy) is 1. The number of carbonyl (C=O) groups excluding carboxylic acids is 1. The van der Waals surface area contributed by atoms with Crippen molar-refractivity contribution in [3.05, 3.63) is 131 Å². The standard InChI is InChI=1S/C29H27NO2/c1-22-13-15-23(16-14-22)21-29(24-9-5-3-6-10-24,25-11-7-4-8-12-25)28(31)30-26-17-19-27(32-2)20-18-26/h3-20H,21H2,1-2H3,(H,30,31). The van der Waals surface area contributed by atoms with E-state index in [2.05, 4.69) is 36.5 Å². The van der Waals surface area contributed by atoms with Crippen LogP contribution < -0.4 is 10.1 Å². The molecule has 0 aliphatic heterocycles. The largest absolute Gasteiger partial charge is 0.497 e. The second-order valence-corrected chi connectivity index (χ2v) is 7.98. The minimum absolute atomic E-state index is 0.0689. The van der Waals surface area contributed by atoms with E-state index >= 15 is 0 Å². The van der Waals surface area contributed by atoms with Gasteiger partial charge in [0.25, 0.3) is 0 Å². The van der Waals surface area contributed by atoms with Crippen molar-refractivity contribution in [3.8, 4) is 5.75 Å². The highest BCUT2D eigenvalue weighted by Crippen LogP contribution is 2.37. The Morgan fingerprint density at radius 1 is 0.750 bits per heavy atom. The molecule has 1 amide bonds. The summed E-state index contributed by atoms with van der Waals surface area (Å²) in [6, 6.07) is 35.9. The molecule has 0 atom stereocenters. The molecule has 0 aromatic heterocycles. The van der Waals surface area contributed by atoms with Gasteiger partial charge in [-0.1, -0.05) is 90.5 Å². The fourth-order valence-electron chi connectivity index (χ4n) is 4.08. The van der Waals surface area contributed by atoms with Gasteiger partial charge in [0, 0.05) is 5.69 Å². The Bertz CT molecular complexity index is 1110. The van der Waals surface area contributed by atoms with Gasteiger partial charge in [0.1, 0.15) is 11.2 Å². The Labute approximate surface area is 189 Å². The summed E-state index contributed by atoms with van der Waals surface area (Å²) >= 11 is 0. The lowest BCUT2D eigenvalue weighted by Crippen LogP contribution is -2.43. The third-order valence-corrected chi connectivity index (χ3v) is 5.86. The predicted molar refractivity (Wildman–Crippen MR) is 130 cm³/mol. The SMILES string of the molecule is COc1ccc(NC(=O)C(Cc2ccc(C)cc2)(c2ccccc2)c2ccccc2)cc1. The zero-order chi connectivity index (χ0) is 22.4. The average Bonchev–Trinajstić information content (AvgIpc) is 2.85. The molecule has 0 aliphatic rings. The number of anilines is 1. The fourth-order valence-corrected chi connectivity index (χ4v) is 4.08. The van der Waals surface area contributed by atoms with E-state index in [4.69, 9.17) is 4.74 Å². The van der Waals surface area contributed by atoms with Crippen LogP contribution in [0.4, 0.5) is 5.69 Å². The molecule has 4 rings (SSSR count). The normalized spacial score (nSPS) is 11.1. The lowest BCUT2D eigenvalue weighted by Gasteiger charge is -2.34. The lowest BCUT2D eigenvalue weighted by molar-refractivity contribution is -0.120. The molecule has 0 spiro atoms. The van der Waals surface area contributed by atoms with E-state index in [-0.39, 0.29) is 5.91 Å². The average molecular weight is 422 g/mol. The summed E-state index contributed by atoms with van der Waals surface area (Å²) in [5, 5.41) is 3.17. The summed E-state index contributed by atoms with van der Waals surface area (Å²) in [5.41, 5.74) is 4.05. The summed E-state index contributed by atoms with van der Waals surface area (Å²) in [7, 11) is 1.63. The van der Waals surface area contributed by atoms with Crippen LogP contribution in [-0.4, -0.2) is 13.0 Å². The minimum atomic E-state index is -0.891. The van der Waals surface area contributed by atoms with Crippen molar-refractivity contribution in [2.24, 2.45) is 0 Å². The molecule has 0 saturated heterocycles. The number of nitrogens with one attached hydrogen (secondary N) is 1. The summed E-state index contributed by atoms with van der Waals surface area (Å²) in [5.74, 6) is 0.681. The van der Waals surface area contributed by atoms with Crippen LogP contribution in [0.1, 0.15) is 22.3 Å². The molecule has 3 nitrogen and oxygen atoms in total. The third kappa shape index (κ3) is 4.42. The smallest absolute Gasteiger partial charge is 0.239 e. The Hall–Kier alpha value is -3.85. The number of hydrogen-bond donors (Lipinski definition) is 1. The molecule has 160 valence electrons. The number of aryl methyl sites for hydroxylation is 1. The van der Waals surface area contributed by atoms with E-state index in [0.717, 1.165) is 28.1 Å². The van der Waals surface area contributed by atoms with Crippen LogP contribution in [0.5, 0.6) is 5.75 Å². The number of benzene rings is 4. The van der Waals surface area contributed by atoms with Crippen molar-refractivity contribution in [2.45, 2.75) is 18.8 Å². The Morgan fingerprint density at radius 3 is 1.78 bits per heavy atom. The Balaban J connectivity index is 1.84. The minimum Gasteiger partial charge on any atom is -0.497 e. The van der Waals surface area contributed by atoms with Gasteiger partial charge in [-0.05, 0) is 54.3 Å². The van der Waals surface area contributed by atoms with Crippen molar-refractivity contribution >= 4 is 11.6 Å². The summed E-state index contributed by atoms with van der Waals surface area (Å²) in [6.45, 7) is 2.07. The van der Waals surface area contributed by atoms with Gasteiger partial charge in [0.15, 0.2) is 0 Å². The number of methoxy groups -OCH3 is 1. The van der Waals surface area contributed by atoms with Gasteiger partial charge in [0.05, 0.1) is 7.11 Å². The van der Waals surface area contributed by atoms with Gasteiger partial charge in [-0.3, -0.25) is 4.79 Å². The van der Waals surface area contributed by atoms with E-state index in [1.807, 2.05) is 84.9 Å². The van der Waals surface area contributed by atoms with Crippen molar-refractivity contribution in [1.82, 2.24) is 0 Å². The molecule has 32 heavy (non-hydrogen) atoms. The van der Waals surface area contributed by atoms with Gasteiger partial charge in [-0.25, -0.2) is 0 Å². The fraction of sp³-hybridized carbons (Fsp3) is 0.138. The highest BCUT2D eigenvalue weighted by Gasteiger charge is 2.42. The van der Waals surface area contributed by atoms with E-state index in [9.17, 15) is 4.79 Å². The second kappa shape index (κ2) is 9.52. The first-order valence-corrected chi connectivity index (χ1v) is 10.7. The van der Waals surface area contributed by atoms with Crippen LogP contribution >= 0.6 is 0 Å². The number of amides is 1. The molecule has 0 heterocycles. The van der Waals surface area contributed by atoms with Crippen molar-refractivity contribution in [3.63, 3.8) is 0 Å². The molecule has 0 radical (unpaired) electrons. The first-order chi connectivity index (χ1) is 15.6. The molecule has 3 heteroatoms. The molecule has 0 aliphatic carbocycles. The monoisotopic (exact) mass is 421 g/mol. The first kappa shape index (κ1) is 21.4. The zero-order valence-electron chi connectivity index (χ0n) is 18.4. The van der Waals surface area contributed by atoms with Crippen LogP contribution in [0, 0.1) is 6.92 Å². The number of hydrogen-bond acceptors (Lipinski definition) is 2. The van der Waals surface area contributed by atoms with Gasteiger partial charge in [-0.15, -0.1) is 0 Å². The van der Waals surface area contributed by atoms with Crippen LogP contribution in [0.15, 0.2) is 109 Å². The van der Waals surface area contributed by atoms with Crippen molar-refractivity contribution in [2.75, 3.05) is 12.4 Å². The van der Waals surface area contributed by atoms with Crippen molar-refractivity contribution < 1.29 is 9.53 Å². The van der Waals surface area contributed by atoms with Crippen LogP contribution in [0.2, 0.25) is 0 Å². The number of rotatable bonds is 7. The van der Waals surface area contributed by atoms with Gasteiger partial charge in [0.2, 0.25) is 5.91 Å². The molecular weight excluding hydrogens is 394 g/mol. The quantitative estimate of drug-likeness (QED) is 0.387. The number of carbonyl (C=O) groups is 1. The molecule has 0 fully saturated rings. The van der Waals surface area contributed by atoms with Gasteiger partial charge >= 0.3 is 0 Å². The molecule has 0 saturated carbocycles. The second-order valence-electron chi connectivity index (χ2n) is 7.98. The maximum atomic E-state index is 14.1. The molecular formula is C29H27NO2. The topological polar surface area (TPSA) is 38.3 Å². The molecule has 0 unspecified atom stereocenters. The third-order valence-electron chi connectivity index (χ3n) is 5.86. The first-order valence-electron chi connectivity index (χ1n) is 10.7. The van der Waals surface area contributed by atoms with Gasteiger partial charge < -0.3 is 10.1 Å². The summed E-state index contributed by atoms with van der Waals surface area (Å²) in [4.78, 5) is 14.1. The van der Waals surface area contributed by atoms with E-state index in [1.54, 1.807) is 7.11 Å². The highest BCUT2D eigenvalue weighted by molar-refractivity contribution is 6.02. The van der Waals surface area contributed by atoms with E-state index in [1.165, 1.54) is 5.56 Å². The van der Waals surface area contributed by atoms with Crippen LogP contribution in [0.3, 0.4) is 0 Å². The van der Waals surface area contributed by atoms with Crippen LogP contribution in [-0.2, 0) is 16.6 Å². The lowest BCUT2D eigenvalue weighted by atomic mass is 9.69. The van der Waals surface area contributed by atoms with E-state index in [0.29, 0.717) is 6.42 Å². The van der Waals surface area contributed by atoms with Gasteiger partial charge in [-0.2, -0.15) is 0 Å².